The van der Waals surface area contributed by atoms with Crippen LogP contribution >= 0.6 is 0 Å². The normalized spacial score (nSPS) is 12.5. The van der Waals surface area contributed by atoms with Crippen molar-refractivity contribution in [1.29, 1.82) is 0 Å². The van der Waals surface area contributed by atoms with Gasteiger partial charge in [0, 0.05) is 5.69 Å². The lowest BCUT2D eigenvalue weighted by molar-refractivity contribution is 0.342. The predicted molar refractivity (Wildman–Crippen MR) is 89.8 cm³/mol. The maximum absolute atomic E-state index is 5.95. The number of benzene rings is 1. The third-order valence-corrected chi connectivity index (χ3v) is 3.25. The summed E-state index contributed by atoms with van der Waals surface area (Å²) in [6, 6.07) is 8.13. The van der Waals surface area contributed by atoms with Gasteiger partial charge in [-0.3, -0.25) is 0 Å². The number of rotatable bonds is 4. The van der Waals surface area contributed by atoms with Gasteiger partial charge in [-0.2, -0.15) is 5.10 Å². The van der Waals surface area contributed by atoms with Crippen molar-refractivity contribution in [3.05, 3.63) is 42.0 Å². The maximum Gasteiger partial charge on any atom is 0.193 e. The summed E-state index contributed by atoms with van der Waals surface area (Å²) in [5.41, 5.74) is 8.03. The third kappa shape index (κ3) is 4.07. The fraction of sp³-hybridized carbons (Fsp3) is 0.438. The van der Waals surface area contributed by atoms with Gasteiger partial charge >= 0.3 is 0 Å². The van der Waals surface area contributed by atoms with Crippen LogP contribution in [0.25, 0.3) is 0 Å². The lowest BCUT2D eigenvalue weighted by Crippen LogP contribution is -2.26. The molecular weight excluding hydrogens is 276 g/mol. The van der Waals surface area contributed by atoms with E-state index in [1.165, 1.54) is 5.56 Å². The zero-order valence-electron chi connectivity index (χ0n) is 13.7. The lowest BCUT2D eigenvalue weighted by Gasteiger charge is -2.20. The molecule has 0 saturated heterocycles. The molecule has 6 nitrogen and oxygen atoms in total. The molecule has 0 spiro atoms. The number of aromatic nitrogens is 3. The molecule has 0 unspecified atom stereocenters. The minimum atomic E-state index is -0.126. The molecule has 0 amide bonds. The second-order valence-electron chi connectivity index (χ2n) is 6.14. The second kappa shape index (κ2) is 6.60. The first-order chi connectivity index (χ1) is 10.4. The summed E-state index contributed by atoms with van der Waals surface area (Å²) in [5.74, 6) is 1.16. The van der Waals surface area contributed by atoms with Crippen LogP contribution < -0.4 is 11.1 Å². The largest absolute Gasteiger partial charge is 0.370 e. The van der Waals surface area contributed by atoms with E-state index in [1.807, 2.05) is 16.8 Å². The molecule has 0 saturated carbocycles. The zero-order chi connectivity index (χ0) is 16.2. The van der Waals surface area contributed by atoms with Crippen molar-refractivity contribution in [3.8, 4) is 0 Å². The van der Waals surface area contributed by atoms with E-state index >= 15 is 0 Å². The minimum Gasteiger partial charge on any atom is -0.370 e. The molecule has 2 rings (SSSR count). The van der Waals surface area contributed by atoms with Crippen molar-refractivity contribution in [2.75, 3.05) is 5.32 Å². The molecular formula is C16H24N6. The molecule has 2 aromatic rings. The van der Waals surface area contributed by atoms with Gasteiger partial charge in [-0.05, 0) is 44.9 Å². The van der Waals surface area contributed by atoms with Crippen LogP contribution in [0.1, 0.15) is 39.1 Å². The highest BCUT2D eigenvalue weighted by atomic mass is 15.4. The van der Waals surface area contributed by atoms with Crippen LogP contribution in [-0.2, 0) is 18.5 Å². The molecule has 118 valence electrons. The minimum absolute atomic E-state index is 0.126. The summed E-state index contributed by atoms with van der Waals surface area (Å²) >= 11 is 0. The van der Waals surface area contributed by atoms with E-state index in [0.29, 0.717) is 12.5 Å². The van der Waals surface area contributed by atoms with Crippen LogP contribution in [-0.4, -0.2) is 20.7 Å². The SMILES string of the molecule is CCc1cccc(NC(N)=NCc2ncnn2C(C)(C)C)c1. The van der Waals surface area contributed by atoms with Gasteiger partial charge in [0.1, 0.15) is 18.7 Å². The van der Waals surface area contributed by atoms with Gasteiger partial charge in [-0.15, -0.1) is 0 Å². The Balaban J connectivity index is 2.06. The van der Waals surface area contributed by atoms with Gasteiger partial charge in [0.25, 0.3) is 0 Å². The van der Waals surface area contributed by atoms with Gasteiger partial charge in [0.2, 0.25) is 0 Å². The number of nitrogens with two attached hydrogens (primary N) is 1. The van der Waals surface area contributed by atoms with Crippen LogP contribution in [0.3, 0.4) is 0 Å². The average molecular weight is 300 g/mol. The Labute approximate surface area is 131 Å². The molecule has 0 bridgehead atoms. The molecule has 0 aliphatic heterocycles. The van der Waals surface area contributed by atoms with Crippen molar-refractivity contribution < 1.29 is 0 Å². The second-order valence-corrected chi connectivity index (χ2v) is 6.14. The van der Waals surface area contributed by atoms with E-state index in [-0.39, 0.29) is 5.54 Å². The van der Waals surface area contributed by atoms with Gasteiger partial charge in [-0.25, -0.2) is 14.7 Å². The fourth-order valence-corrected chi connectivity index (χ4v) is 2.15. The monoisotopic (exact) mass is 300 g/mol. The molecule has 3 N–H and O–H groups in total. The number of hydrogen-bond donors (Lipinski definition) is 2. The van der Waals surface area contributed by atoms with E-state index in [0.717, 1.165) is 17.9 Å². The van der Waals surface area contributed by atoms with Crippen LogP contribution in [0.4, 0.5) is 5.69 Å². The Hall–Kier alpha value is -2.37. The molecule has 0 radical (unpaired) electrons. The van der Waals surface area contributed by atoms with E-state index < -0.39 is 0 Å². The molecule has 0 fully saturated rings. The van der Waals surface area contributed by atoms with Crippen molar-refractivity contribution in [1.82, 2.24) is 14.8 Å². The molecule has 0 aliphatic rings. The molecule has 0 aliphatic carbocycles. The summed E-state index contributed by atoms with van der Waals surface area (Å²) in [6.45, 7) is 8.74. The van der Waals surface area contributed by atoms with Crippen LogP contribution in [0.15, 0.2) is 35.6 Å². The summed E-state index contributed by atoms with van der Waals surface area (Å²) < 4.78 is 1.86. The van der Waals surface area contributed by atoms with Crippen molar-refractivity contribution in [3.63, 3.8) is 0 Å². The molecule has 1 aromatic heterocycles. The Kier molecular flexibility index (Phi) is 4.80. The Morgan fingerprint density at radius 3 is 2.82 bits per heavy atom. The quantitative estimate of drug-likeness (QED) is 0.671. The number of nitrogens with one attached hydrogen (secondary N) is 1. The number of anilines is 1. The Morgan fingerprint density at radius 2 is 2.14 bits per heavy atom. The predicted octanol–water partition coefficient (Wildman–Crippen LogP) is 2.52. The topological polar surface area (TPSA) is 81.1 Å². The summed E-state index contributed by atoms with van der Waals surface area (Å²) in [6.07, 6.45) is 2.53. The zero-order valence-corrected chi connectivity index (χ0v) is 13.7. The highest BCUT2D eigenvalue weighted by molar-refractivity contribution is 5.92. The number of nitrogens with zero attached hydrogens (tertiary/aromatic N) is 4. The maximum atomic E-state index is 5.95. The number of hydrogen-bond acceptors (Lipinski definition) is 3. The highest BCUT2D eigenvalue weighted by Crippen LogP contribution is 2.14. The molecule has 1 aromatic carbocycles. The molecule has 22 heavy (non-hydrogen) atoms. The first-order valence-corrected chi connectivity index (χ1v) is 7.45. The number of guanidine groups is 1. The molecule has 0 atom stereocenters. The van der Waals surface area contributed by atoms with E-state index in [1.54, 1.807) is 6.33 Å². The van der Waals surface area contributed by atoms with Gasteiger partial charge in [-0.1, -0.05) is 19.1 Å². The van der Waals surface area contributed by atoms with Crippen LogP contribution in [0.2, 0.25) is 0 Å². The first-order valence-electron chi connectivity index (χ1n) is 7.45. The Morgan fingerprint density at radius 1 is 1.36 bits per heavy atom. The van der Waals surface area contributed by atoms with Crippen molar-refractivity contribution in [2.45, 2.75) is 46.2 Å². The summed E-state index contributed by atoms with van der Waals surface area (Å²) in [7, 11) is 0. The number of aliphatic imine (C=N–C) groups is 1. The smallest absolute Gasteiger partial charge is 0.193 e. The van der Waals surface area contributed by atoms with E-state index in [4.69, 9.17) is 5.73 Å². The highest BCUT2D eigenvalue weighted by Gasteiger charge is 2.17. The summed E-state index contributed by atoms with van der Waals surface area (Å²) in [5, 5.41) is 7.35. The standard InChI is InChI=1S/C16H24N6/c1-5-12-7-6-8-13(9-12)21-15(17)18-10-14-19-11-20-22(14)16(2,3)4/h6-9,11H,5,10H2,1-4H3,(H3,17,18,21). The van der Waals surface area contributed by atoms with Crippen LogP contribution in [0, 0.1) is 0 Å². The first kappa shape index (κ1) is 16.0. The van der Waals surface area contributed by atoms with Crippen molar-refractivity contribution >= 4 is 11.6 Å². The number of aryl methyl sites for hydroxylation is 1. The third-order valence-electron chi connectivity index (χ3n) is 3.25. The van der Waals surface area contributed by atoms with Crippen molar-refractivity contribution in [2.24, 2.45) is 10.7 Å². The fourth-order valence-electron chi connectivity index (χ4n) is 2.15. The van der Waals surface area contributed by atoms with Gasteiger partial charge in [0.15, 0.2) is 5.96 Å². The lowest BCUT2D eigenvalue weighted by atomic mass is 10.1. The van der Waals surface area contributed by atoms with E-state index in [2.05, 4.69) is 60.2 Å². The van der Waals surface area contributed by atoms with Crippen LogP contribution in [0.5, 0.6) is 0 Å². The van der Waals surface area contributed by atoms with Gasteiger partial charge in [0.05, 0.1) is 5.54 Å². The summed E-state index contributed by atoms with van der Waals surface area (Å²) in [4.78, 5) is 8.60. The molecule has 6 heteroatoms. The van der Waals surface area contributed by atoms with E-state index in [9.17, 15) is 0 Å². The average Bonchev–Trinajstić information content (AvgIpc) is 2.94. The van der Waals surface area contributed by atoms with Gasteiger partial charge < -0.3 is 11.1 Å². The molecule has 1 heterocycles. The Bertz CT molecular complexity index is 651.